The van der Waals surface area contributed by atoms with Gasteiger partial charge in [-0.3, -0.25) is 4.79 Å². The molecule has 0 saturated heterocycles. The molecule has 5 heteroatoms. The first-order valence-electron chi connectivity index (χ1n) is 6.22. The van der Waals surface area contributed by atoms with E-state index in [4.69, 9.17) is 15.2 Å². The molecule has 0 aliphatic rings. The van der Waals surface area contributed by atoms with E-state index >= 15 is 0 Å². The number of ether oxygens (including phenoxy) is 2. The molecule has 106 valence electrons. The molecular weight excluding hydrogens is 244 g/mol. The number of hydrogen-bond acceptors (Lipinski definition) is 4. The molecule has 1 atom stereocenters. The molecule has 1 rings (SSSR count). The molecule has 0 heterocycles. The van der Waals surface area contributed by atoms with E-state index in [2.05, 4.69) is 5.32 Å². The topological polar surface area (TPSA) is 73.6 Å². The van der Waals surface area contributed by atoms with E-state index in [9.17, 15) is 4.79 Å². The summed E-state index contributed by atoms with van der Waals surface area (Å²) in [6.45, 7) is 4.14. The molecule has 0 aliphatic heterocycles. The van der Waals surface area contributed by atoms with Gasteiger partial charge in [0, 0.05) is 30.1 Å². The van der Waals surface area contributed by atoms with Crippen LogP contribution in [0.4, 0.5) is 0 Å². The average molecular weight is 266 g/mol. The van der Waals surface area contributed by atoms with Crippen molar-refractivity contribution in [2.24, 2.45) is 5.73 Å². The molecule has 19 heavy (non-hydrogen) atoms. The molecule has 1 unspecified atom stereocenters. The van der Waals surface area contributed by atoms with Crippen molar-refractivity contribution in [1.82, 2.24) is 5.32 Å². The minimum absolute atomic E-state index is 0.0643. The highest BCUT2D eigenvalue weighted by molar-refractivity contribution is 5.76. The second kappa shape index (κ2) is 6.99. The second-order valence-electron chi connectivity index (χ2n) is 4.54. The lowest BCUT2D eigenvalue weighted by molar-refractivity contribution is -0.121. The fourth-order valence-corrected chi connectivity index (χ4v) is 1.93. The SMILES string of the molecule is COc1ccc(CNC(=O)CC(C)N)c(OC)c1C. The molecule has 0 fully saturated rings. The first-order chi connectivity index (χ1) is 8.99. The number of benzene rings is 1. The summed E-state index contributed by atoms with van der Waals surface area (Å²) in [6.07, 6.45) is 0.317. The van der Waals surface area contributed by atoms with Gasteiger partial charge in [-0.15, -0.1) is 0 Å². The van der Waals surface area contributed by atoms with Crippen LogP contribution in [0.5, 0.6) is 11.5 Å². The molecule has 0 spiro atoms. The van der Waals surface area contributed by atoms with E-state index in [1.165, 1.54) is 0 Å². The maximum atomic E-state index is 11.6. The normalized spacial score (nSPS) is 11.8. The van der Waals surface area contributed by atoms with Crippen molar-refractivity contribution < 1.29 is 14.3 Å². The van der Waals surface area contributed by atoms with E-state index in [0.717, 1.165) is 22.6 Å². The van der Waals surface area contributed by atoms with Gasteiger partial charge < -0.3 is 20.5 Å². The zero-order chi connectivity index (χ0) is 14.4. The van der Waals surface area contributed by atoms with Crippen LogP contribution in [-0.2, 0) is 11.3 Å². The highest BCUT2D eigenvalue weighted by atomic mass is 16.5. The van der Waals surface area contributed by atoms with Crippen molar-refractivity contribution in [2.45, 2.75) is 32.9 Å². The standard InChI is InChI=1S/C14H22N2O3/c1-9(15)7-13(17)16-8-11-5-6-12(18-3)10(2)14(11)19-4/h5-6,9H,7-8,15H2,1-4H3,(H,16,17). The van der Waals surface area contributed by atoms with Gasteiger partial charge in [0.25, 0.3) is 0 Å². The van der Waals surface area contributed by atoms with E-state index in [0.29, 0.717) is 13.0 Å². The van der Waals surface area contributed by atoms with Gasteiger partial charge in [0.05, 0.1) is 14.2 Å². The summed E-state index contributed by atoms with van der Waals surface area (Å²) in [7, 11) is 3.22. The van der Waals surface area contributed by atoms with Crippen LogP contribution in [-0.4, -0.2) is 26.2 Å². The lowest BCUT2D eigenvalue weighted by Crippen LogP contribution is -2.29. The summed E-state index contributed by atoms with van der Waals surface area (Å²) in [5.41, 5.74) is 7.41. The van der Waals surface area contributed by atoms with Gasteiger partial charge in [0.2, 0.25) is 5.91 Å². The third-order valence-corrected chi connectivity index (χ3v) is 2.85. The van der Waals surface area contributed by atoms with Crippen LogP contribution in [0, 0.1) is 6.92 Å². The number of hydrogen-bond donors (Lipinski definition) is 2. The predicted octanol–water partition coefficient (Wildman–Crippen LogP) is 1.37. The number of amides is 1. The molecule has 0 aliphatic carbocycles. The van der Waals surface area contributed by atoms with Crippen LogP contribution in [0.2, 0.25) is 0 Å². The van der Waals surface area contributed by atoms with Crippen LogP contribution in [0.3, 0.4) is 0 Å². The van der Waals surface area contributed by atoms with Crippen molar-refractivity contribution in [2.75, 3.05) is 14.2 Å². The Bertz CT molecular complexity index is 445. The Kier molecular flexibility index (Phi) is 5.63. The number of nitrogens with one attached hydrogen (secondary N) is 1. The van der Waals surface area contributed by atoms with E-state index in [1.54, 1.807) is 21.1 Å². The Morgan fingerprint density at radius 1 is 1.37 bits per heavy atom. The lowest BCUT2D eigenvalue weighted by atomic mass is 10.1. The molecule has 1 aromatic carbocycles. The van der Waals surface area contributed by atoms with E-state index in [-0.39, 0.29) is 11.9 Å². The zero-order valence-electron chi connectivity index (χ0n) is 11.9. The molecule has 0 bridgehead atoms. The van der Waals surface area contributed by atoms with E-state index < -0.39 is 0 Å². The smallest absolute Gasteiger partial charge is 0.221 e. The van der Waals surface area contributed by atoms with Crippen molar-refractivity contribution in [3.63, 3.8) is 0 Å². The van der Waals surface area contributed by atoms with E-state index in [1.807, 2.05) is 19.1 Å². The van der Waals surface area contributed by atoms with Crippen LogP contribution in [0.15, 0.2) is 12.1 Å². The minimum Gasteiger partial charge on any atom is -0.496 e. The Hall–Kier alpha value is -1.75. The highest BCUT2D eigenvalue weighted by Crippen LogP contribution is 2.31. The molecule has 0 saturated carbocycles. The number of carbonyl (C=O) groups excluding carboxylic acids is 1. The summed E-state index contributed by atoms with van der Waals surface area (Å²) < 4.78 is 10.6. The molecule has 1 amide bonds. The molecule has 3 N–H and O–H groups in total. The lowest BCUT2D eigenvalue weighted by Gasteiger charge is -2.15. The molecule has 1 aromatic rings. The van der Waals surface area contributed by atoms with Gasteiger partial charge in [-0.2, -0.15) is 0 Å². The second-order valence-corrected chi connectivity index (χ2v) is 4.54. The largest absolute Gasteiger partial charge is 0.496 e. The van der Waals surface area contributed by atoms with Crippen molar-refractivity contribution >= 4 is 5.91 Å². The summed E-state index contributed by atoms with van der Waals surface area (Å²) >= 11 is 0. The van der Waals surface area contributed by atoms with Crippen molar-refractivity contribution in [3.8, 4) is 11.5 Å². The monoisotopic (exact) mass is 266 g/mol. The molecule has 0 radical (unpaired) electrons. The Morgan fingerprint density at radius 2 is 2.05 bits per heavy atom. The van der Waals surface area contributed by atoms with Crippen LogP contribution in [0.25, 0.3) is 0 Å². The minimum atomic E-state index is -0.139. The number of methoxy groups -OCH3 is 2. The maximum absolute atomic E-state index is 11.6. The van der Waals surface area contributed by atoms with Gasteiger partial charge >= 0.3 is 0 Å². The number of carbonyl (C=O) groups is 1. The third-order valence-electron chi connectivity index (χ3n) is 2.85. The van der Waals surface area contributed by atoms with Crippen molar-refractivity contribution in [3.05, 3.63) is 23.3 Å². The van der Waals surface area contributed by atoms with Gasteiger partial charge in [-0.1, -0.05) is 0 Å². The first kappa shape index (κ1) is 15.3. The number of rotatable bonds is 6. The Labute approximate surface area is 114 Å². The summed E-state index contributed by atoms with van der Waals surface area (Å²) in [4.78, 5) is 11.6. The van der Waals surface area contributed by atoms with Gasteiger partial charge in [-0.25, -0.2) is 0 Å². The fraction of sp³-hybridized carbons (Fsp3) is 0.500. The highest BCUT2D eigenvalue weighted by Gasteiger charge is 2.12. The van der Waals surface area contributed by atoms with Gasteiger partial charge in [0.15, 0.2) is 0 Å². The Morgan fingerprint density at radius 3 is 2.58 bits per heavy atom. The Balaban J connectivity index is 2.79. The van der Waals surface area contributed by atoms with Gasteiger partial charge in [-0.05, 0) is 26.0 Å². The molecule has 0 aromatic heterocycles. The average Bonchev–Trinajstić information content (AvgIpc) is 2.35. The summed E-state index contributed by atoms with van der Waals surface area (Å²) in [5, 5.41) is 2.83. The quantitative estimate of drug-likeness (QED) is 0.815. The van der Waals surface area contributed by atoms with Crippen LogP contribution in [0.1, 0.15) is 24.5 Å². The fourth-order valence-electron chi connectivity index (χ4n) is 1.93. The first-order valence-corrected chi connectivity index (χ1v) is 6.22. The molecular formula is C14H22N2O3. The number of nitrogens with two attached hydrogens (primary N) is 1. The maximum Gasteiger partial charge on any atom is 0.221 e. The summed E-state index contributed by atoms with van der Waals surface area (Å²) in [6, 6.07) is 3.61. The molecule has 5 nitrogen and oxygen atoms in total. The van der Waals surface area contributed by atoms with Gasteiger partial charge in [0.1, 0.15) is 11.5 Å². The van der Waals surface area contributed by atoms with Crippen molar-refractivity contribution in [1.29, 1.82) is 0 Å². The zero-order valence-corrected chi connectivity index (χ0v) is 11.9. The predicted molar refractivity (Wildman–Crippen MR) is 74.4 cm³/mol. The summed E-state index contributed by atoms with van der Waals surface area (Å²) in [5.74, 6) is 1.44. The third kappa shape index (κ3) is 4.13. The van der Waals surface area contributed by atoms with Crippen LogP contribution < -0.4 is 20.5 Å². The van der Waals surface area contributed by atoms with Crippen LogP contribution >= 0.6 is 0 Å².